The van der Waals surface area contributed by atoms with E-state index in [9.17, 15) is 4.79 Å². The maximum absolute atomic E-state index is 11.1. The Morgan fingerprint density at radius 2 is 2.08 bits per heavy atom. The summed E-state index contributed by atoms with van der Waals surface area (Å²) in [5.41, 5.74) is 5.83. The SMILES string of the molecule is CCCCC[C@@H](N)[C@@H](C)C(=O)OC. The van der Waals surface area contributed by atoms with E-state index in [4.69, 9.17) is 5.73 Å². The number of carbonyl (C=O) groups is 1. The first kappa shape index (κ1) is 12.4. The maximum Gasteiger partial charge on any atom is 0.309 e. The molecule has 0 aromatic rings. The Labute approximate surface area is 80.6 Å². The van der Waals surface area contributed by atoms with Crippen LogP contribution in [0.1, 0.15) is 39.5 Å². The highest BCUT2D eigenvalue weighted by molar-refractivity contribution is 5.72. The summed E-state index contributed by atoms with van der Waals surface area (Å²) < 4.78 is 4.62. The number of methoxy groups -OCH3 is 1. The molecule has 0 unspecified atom stereocenters. The summed E-state index contributed by atoms with van der Waals surface area (Å²) in [4.78, 5) is 11.1. The van der Waals surface area contributed by atoms with E-state index in [0.717, 1.165) is 12.8 Å². The highest BCUT2D eigenvalue weighted by Crippen LogP contribution is 2.10. The smallest absolute Gasteiger partial charge is 0.309 e. The minimum Gasteiger partial charge on any atom is -0.469 e. The number of ether oxygens (including phenoxy) is 1. The fourth-order valence-electron chi connectivity index (χ4n) is 1.24. The Balaban J connectivity index is 3.68. The first-order valence-electron chi connectivity index (χ1n) is 4.96. The van der Waals surface area contributed by atoms with Crippen LogP contribution in [0, 0.1) is 5.92 Å². The molecule has 0 amide bonds. The molecule has 0 spiro atoms. The van der Waals surface area contributed by atoms with Crippen molar-refractivity contribution in [3.8, 4) is 0 Å². The van der Waals surface area contributed by atoms with Crippen LogP contribution in [0.4, 0.5) is 0 Å². The Kier molecular flexibility index (Phi) is 6.59. The molecule has 3 heteroatoms. The molecule has 13 heavy (non-hydrogen) atoms. The quantitative estimate of drug-likeness (QED) is 0.508. The summed E-state index contributed by atoms with van der Waals surface area (Å²) in [6.45, 7) is 3.97. The van der Waals surface area contributed by atoms with Crippen LogP contribution >= 0.6 is 0 Å². The number of rotatable bonds is 6. The molecule has 78 valence electrons. The fraction of sp³-hybridized carbons (Fsp3) is 0.900. The van der Waals surface area contributed by atoms with Crippen molar-refractivity contribution in [3.05, 3.63) is 0 Å². The fourth-order valence-corrected chi connectivity index (χ4v) is 1.24. The number of carbonyl (C=O) groups excluding carboxylic acids is 1. The molecule has 0 aromatic heterocycles. The molecule has 0 heterocycles. The van der Waals surface area contributed by atoms with Crippen molar-refractivity contribution in [2.75, 3.05) is 7.11 Å². The minimum absolute atomic E-state index is 0.0565. The zero-order valence-corrected chi connectivity index (χ0v) is 8.88. The molecule has 2 atom stereocenters. The first-order valence-corrected chi connectivity index (χ1v) is 4.96. The molecule has 0 fully saturated rings. The van der Waals surface area contributed by atoms with Crippen LogP contribution in [0.15, 0.2) is 0 Å². The van der Waals surface area contributed by atoms with E-state index < -0.39 is 0 Å². The van der Waals surface area contributed by atoms with Gasteiger partial charge in [0.15, 0.2) is 0 Å². The monoisotopic (exact) mass is 187 g/mol. The van der Waals surface area contributed by atoms with Crippen molar-refractivity contribution in [2.24, 2.45) is 11.7 Å². The van der Waals surface area contributed by atoms with E-state index in [1.165, 1.54) is 20.0 Å². The third kappa shape index (κ3) is 4.88. The van der Waals surface area contributed by atoms with Gasteiger partial charge in [-0.05, 0) is 6.42 Å². The summed E-state index contributed by atoms with van der Waals surface area (Å²) in [7, 11) is 1.40. The average Bonchev–Trinajstić information content (AvgIpc) is 2.15. The van der Waals surface area contributed by atoms with Crippen molar-refractivity contribution in [1.29, 1.82) is 0 Å². The summed E-state index contributed by atoms with van der Waals surface area (Å²) in [6.07, 6.45) is 4.37. The van der Waals surface area contributed by atoms with Crippen molar-refractivity contribution in [1.82, 2.24) is 0 Å². The highest BCUT2D eigenvalue weighted by Gasteiger charge is 2.20. The molecule has 0 rings (SSSR count). The van der Waals surface area contributed by atoms with Gasteiger partial charge in [-0.2, -0.15) is 0 Å². The number of hydrogen-bond donors (Lipinski definition) is 1. The third-order valence-corrected chi connectivity index (χ3v) is 2.36. The Morgan fingerprint density at radius 1 is 1.46 bits per heavy atom. The number of unbranched alkanes of at least 4 members (excludes halogenated alkanes) is 2. The molecule has 0 aliphatic carbocycles. The lowest BCUT2D eigenvalue weighted by atomic mass is 9.97. The Morgan fingerprint density at radius 3 is 2.54 bits per heavy atom. The lowest BCUT2D eigenvalue weighted by Crippen LogP contribution is -2.34. The molecule has 0 bridgehead atoms. The minimum atomic E-state index is -0.205. The van der Waals surface area contributed by atoms with Crippen LogP contribution in [0.25, 0.3) is 0 Å². The molecule has 3 nitrogen and oxygen atoms in total. The largest absolute Gasteiger partial charge is 0.469 e. The van der Waals surface area contributed by atoms with Gasteiger partial charge in [-0.15, -0.1) is 0 Å². The second kappa shape index (κ2) is 6.89. The molecular weight excluding hydrogens is 166 g/mol. The van der Waals surface area contributed by atoms with Crippen LogP contribution in [-0.2, 0) is 9.53 Å². The molecule has 0 aliphatic heterocycles. The van der Waals surface area contributed by atoms with Crippen LogP contribution in [0.3, 0.4) is 0 Å². The van der Waals surface area contributed by atoms with Crippen LogP contribution in [-0.4, -0.2) is 19.1 Å². The lowest BCUT2D eigenvalue weighted by Gasteiger charge is -2.17. The predicted octanol–water partition coefficient (Wildman–Crippen LogP) is 1.70. The van der Waals surface area contributed by atoms with Gasteiger partial charge in [0, 0.05) is 6.04 Å². The third-order valence-electron chi connectivity index (χ3n) is 2.36. The van der Waals surface area contributed by atoms with E-state index in [0.29, 0.717) is 0 Å². The molecule has 0 saturated heterocycles. The van der Waals surface area contributed by atoms with E-state index >= 15 is 0 Å². The lowest BCUT2D eigenvalue weighted by molar-refractivity contribution is -0.145. The average molecular weight is 187 g/mol. The molecule has 2 N–H and O–H groups in total. The van der Waals surface area contributed by atoms with E-state index in [-0.39, 0.29) is 17.9 Å². The number of nitrogens with two attached hydrogens (primary N) is 1. The van der Waals surface area contributed by atoms with E-state index in [2.05, 4.69) is 11.7 Å². The van der Waals surface area contributed by atoms with Gasteiger partial charge >= 0.3 is 5.97 Å². The van der Waals surface area contributed by atoms with Crippen molar-refractivity contribution in [2.45, 2.75) is 45.6 Å². The van der Waals surface area contributed by atoms with Gasteiger partial charge in [0.1, 0.15) is 0 Å². The first-order chi connectivity index (χ1) is 6.13. The molecular formula is C10H21NO2. The highest BCUT2D eigenvalue weighted by atomic mass is 16.5. The van der Waals surface area contributed by atoms with Gasteiger partial charge in [-0.3, -0.25) is 4.79 Å². The van der Waals surface area contributed by atoms with Gasteiger partial charge in [-0.25, -0.2) is 0 Å². The zero-order chi connectivity index (χ0) is 10.3. The van der Waals surface area contributed by atoms with Crippen molar-refractivity contribution < 1.29 is 9.53 Å². The van der Waals surface area contributed by atoms with Crippen molar-refractivity contribution >= 4 is 5.97 Å². The second-order valence-corrected chi connectivity index (χ2v) is 3.47. The summed E-state index contributed by atoms with van der Waals surface area (Å²) in [5.74, 6) is -0.383. The van der Waals surface area contributed by atoms with Crippen LogP contribution in [0.2, 0.25) is 0 Å². The Bertz CT molecular complexity index is 148. The standard InChI is InChI=1S/C10H21NO2/c1-4-5-6-7-9(11)8(2)10(12)13-3/h8-9H,4-7,11H2,1-3H3/t8-,9-/m1/s1. The van der Waals surface area contributed by atoms with Gasteiger partial charge < -0.3 is 10.5 Å². The van der Waals surface area contributed by atoms with Gasteiger partial charge in [-0.1, -0.05) is 33.1 Å². The zero-order valence-electron chi connectivity index (χ0n) is 8.88. The van der Waals surface area contributed by atoms with E-state index in [1.807, 2.05) is 6.92 Å². The molecule has 0 saturated carbocycles. The Hall–Kier alpha value is -0.570. The molecule has 0 radical (unpaired) electrons. The molecule has 0 aliphatic rings. The van der Waals surface area contributed by atoms with Crippen LogP contribution in [0.5, 0.6) is 0 Å². The van der Waals surface area contributed by atoms with Crippen LogP contribution < -0.4 is 5.73 Å². The second-order valence-electron chi connectivity index (χ2n) is 3.47. The van der Waals surface area contributed by atoms with Gasteiger partial charge in [0.05, 0.1) is 13.0 Å². The summed E-state index contributed by atoms with van der Waals surface area (Å²) in [5, 5.41) is 0. The summed E-state index contributed by atoms with van der Waals surface area (Å²) >= 11 is 0. The summed E-state index contributed by atoms with van der Waals surface area (Å²) in [6, 6.07) is -0.0565. The van der Waals surface area contributed by atoms with Crippen molar-refractivity contribution in [3.63, 3.8) is 0 Å². The topological polar surface area (TPSA) is 52.3 Å². The van der Waals surface area contributed by atoms with Gasteiger partial charge in [0.2, 0.25) is 0 Å². The molecule has 0 aromatic carbocycles. The van der Waals surface area contributed by atoms with Gasteiger partial charge in [0.25, 0.3) is 0 Å². The number of esters is 1. The number of hydrogen-bond acceptors (Lipinski definition) is 3. The maximum atomic E-state index is 11.1. The predicted molar refractivity (Wildman–Crippen MR) is 53.3 cm³/mol. The normalized spacial score (nSPS) is 15.1. The van der Waals surface area contributed by atoms with E-state index in [1.54, 1.807) is 0 Å².